The lowest BCUT2D eigenvalue weighted by Crippen LogP contribution is -1.86. The molecule has 2 N–H and O–H groups in total. The molecule has 0 aliphatic rings. The maximum Gasteiger partial charge on any atom is 0.182 e. The number of aromatic amines is 1. The van der Waals surface area contributed by atoms with Crippen LogP contribution in [-0.2, 0) is 6.42 Å². The van der Waals surface area contributed by atoms with Crippen molar-refractivity contribution in [3.8, 4) is 0 Å². The molecule has 2 aromatic heterocycles. The van der Waals surface area contributed by atoms with Crippen LogP contribution in [0.25, 0.3) is 10.9 Å². The van der Waals surface area contributed by atoms with Crippen LogP contribution in [0.3, 0.4) is 0 Å². The summed E-state index contributed by atoms with van der Waals surface area (Å²) in [4.78, 5) is 9.13. The Morgan fingerprint density at radius 3 is 2.94 bits per heavy atom. The number of nitrogens with one attached hydrogen (secondary N) is 2. The SMILES string of the molecule is CNc1nc(C)c(Cc2c[nH]c3ccccc23)s1. The molecule has 0 radical (unpaired) electrons. The highest BCUT2D eigenvalue weighted by Gasteiger charge is 2.10. The van der Waals surface area contributed by atoms with Crippen LogP contribution in [0.5, 0.6) is 0 Å². The van der Waals surface area contributed by atoms with Gasteiger partial charge in [-0.15, -0.1) is 11.3 Å². The van der Waals surface area contributed by atoms with Crippen molar-refractivity contribution in [2.45, 2.75) is 13.3 Å². The largest absolute Gasteiger partial charge is 0.365 e. The van der Waals surface area contributed by atoms with Crippen LogP contribution < -0.4 is 5.32 Å². The number of aromatic nitrogens is 2. The van der Waals surface area contributed by atoms with Crippen molar-refractivity contribution in [2.75, 3.05) is 12.4 Å². The third-order valence-corrected chi connectivity index (χ3v) is 4.31. The number of H-pyrrole nitrogens is 1. The zero-order valence-electron chi connectivity index (χ0n) is 10.4. The van der Waals surface area contributed by atoms with Gasteiger partial charge in [0.15, 0.2) is 5.13 Å². The topological polar surface area (TPSA) is 40.7 Å². The van der Waals surface area contributed by atoms with E-state index in [1.54, 1.807) is 11.3 Å². The maximum atomic E-state index is 4.49. The molecule has 92 valence electrons. The van der Waals surface area contributed by atoms with Gasteiger partial charge < -0.3 is 10.3 Å². The van der Waals surface area contributed by atoms with E-state index < -0.39 is 0 Å². The quantitative estimate of drug-likeness (QED) is 0.753. The van der Waals surface area contributed by atoms with Crippen molar-refractivity contribution in [3.05, 3.63) is 46.6 Å². The van der Waals surface area contributed by atoms with E-state index in [4.69, 9.17) is 0 Å². The zero-order chi connectivity index (χ0) is 12.5. The van der Waals surface area contributed by atoms with Gasteiger partial charge in [-0.3, -0.25) is 0 Å². The number of para-hydroxylation sites is 1. The van der Waals surface area contributed by atoms with Gasteiger partial charge in [-0.2, -0.15) is 0 Å². The third-order valence-electron chi connectivity index (χ3n) is 3.13. The molecule has 0 saturated carbocycles. The summed E-state index contributed by atoms with van der Waals surface area (Å²) >= 11 is 1.73. The standard InChI is InChI=1S/C14H15N3S/c1-9-13(18-14(15-2)17-9)7-10-8-16-12-6-4-3-5-11(10)12/h3-6,8,16H,7H2,1-2H3,(H,15,17). The van der Waals surface area contributed by atoms with Gasteiger partial charge in [0.25, 0.3) is 0 Å². The van der Waals surface area contributed by atoms with E-state index in [1.165, 1.54) is 21.3 Å². The Hall–Kier alpha value is -1.81. The molecular formula is C14H15N3S. The van der Waals surface area contributed by atoms with Gasteiger partial charge in [0.1, 0.15) is 0 Å². The minimum absolute atomic E-state index is 0.940. The Morgan fingerprint density at radius 1 is 1.33 bits per heavy atom. The van der Waals surface area contributed by atoms with E-state index >= 15 is 0 Å². The number of aryl methyl sites for hydroxylation is 1. The average Bonchev–Trinajstić information content (AvgIpc) is 2.95. The molecule has 0 saturated heterocycles. The number of anilines is 1. The second kappa shape index (κ2) is 4.46. The van der Waals surface area contributed by atoms with Gasteiger partial charge in [-0.1, -0.05) is 18.2 Å². The summed E-state index contributed by atoms with van der Waals surface area (Å²) in [6.45, 7) is 2.07. The van der Waals surface area contributed by atoms with Crippen molar-refractivity contribution < 1.29 is 0 Å². The van der Waals surface area contributed by atoms with Crippen LogP contribution in [0, 0.1) is 6.92 Å². The van der Waals surface area contributed by atoms with Crippen molar-refractivity contribution in [2.24, 2.45) is 0 Å². The van der Waals surface area contributed by atoms with Gasteiger partial charge in [-0.05, 0) is 18.6 Å². The summed E-state index contributed by atoms with van der Waals surface area (Å²) in [5, 5.41) is 5.39. The van der Waals surface area contributed by atoms with Crippen molar-refractivity contribution >= 4 is 27.4 Å². The number of benzene rings is 1. The lowest BCUT2D eigenvalue weighted by Gasteiger charge is -1.97. The highest BCUT2D eigenvalue weighted by atomic mass is 32.1. The van der Waals surface area contributed by atoms with E-state index in [0.29, 0.717) is 0 Å². The molecule has 0 fully saturated rings. The Kier molecular flexibility index (Phi) is 2.80. The zero-order valence-corrected chi connectivity index (χ0v) is 11.3. The highest BCUT2D eigenvalue weighted by Crippen LogP contribution is 2.27. The number of hydrogen-bond donors (Lipinski definition) is 2. The molecular weight excluding hydrogens is 242 g/mol. The minimum atomic E-state index is 0.940. The molecule has 2 heterocycles. The molecule has 0 aliphatic carbocycles. The summed E-state index contributed by atoms with van der Waals surface area (Å²) in [6, 6.07) is 8.41. The molecule has 0 unspecified atom stereocenters. The lowest BCUT2D eigenvalue weighted by molar-refractivity contribution is 1.15. The second-order valence-corrected chi connectivity index (χ2v) is 5.40. The predicted molar refractivity (Wildman–Crippen MR) is 77.5 cm³/mol. The van der Waals surface area contributed by atoms with Crippen LogP contribution in [0.2, 0.25) is 0 Å². The summed E-state index contributed by atoms with van der Waals surface area (Å²) in [6.07, 6.45) is 3.04. The maximum absolute atomic E-state index is 4.49. The number of hydrogen-bond acceptors (Lipinski definition) is 3. The molecule has 4 heteroatoms. The monoisotopic (exact) mass is 257 g/mol. The average molecular weight is 257 g/mol. The van der Waals surface area contributed by atoms with E-state index in [9.17, 15) is 0 Å². The number of nitrogens with zero attached hydrogens (tertiary/aromatic N) is 1. The third kappa shape index (κ3) is 1.88. The summed E-state index contributed by atoms with van der Waals surface area (Å²) in [7, 11) is 1.91. The first-order chi connectivity index (χ1) is 8.78. The fourth-order valence-corrected chi connectivity index (χ4v) is 3.09. The first kappa shape index (κ1) is 11.3. The molecule has 18 heavy (non-hydrogen) atoms. The van der Waals surface area contributed by atoms with Crippen molar-refractivity contribution in [3.63, 3.8) is 0 Å². The van der Waals surface area contributed by atoms with Crippen LogP contribution >= 0.6 is 11.3 Å². The van der Waals surface area contributed by atoms with E-state index in [0.717, 1.165) is 17.2 Å². The Labute approximate surface area is 110 Å². The van der Waals surface area contributed by atoms with E-state index in [2.05, 4.69) is 52.7 Å². The first-order valence-corrected chi connectivity index (χ1v) is 6.78. The Balaban J connectivity index is 1.98. The predicted octanol–water partition coefficient (Wildman–Crippen LogP) is 3.57. The number of rotatable bonds is 3. The summed E-state index contributed by atoms with van der Waals surface area (Å²) in [5.74, 6) is 0. The molecule has 3 rings (SSSR count). The first-order valence-electron chi connectivity index (χ1n) is 5.97. The van der Waals surface area contributed by atoms with E-state index in [1.807, 2.05) is 7.05 Å². The Morgan fingerprint density at radius 2 is 2.17 bits per heavy atom. The van der Waals surface area contributed by atoms with Gasteiger partial charge >= 0.3 is 0 Å². The number of thiazole rings is 1. The smallest absolute Gasteiger partial charge is 0.182 e. The summed E-state index contributed by atoms with van der Waals surface area (Å²) in [5.41, 5.74) is 3.65. The summed E-state index contributed by atoms with van der Waals surface area (Å²) < 4.78 is 0. The van der Waals surface area contributed by atoms with Crippen LogP contribution in [0.15, 0.2) is 30.5 Å². The molecule has 0 spiro atoms. The van der Waals surface area contributed by atoms with Gasteiger partial charge in [-0.25, -0.2) is 4.98 Å². The molecule has 0 aliphatic heterocycles. The molecule has 1 aromatic carbocycles. The molecule has 0 atom stereocenters. The molecule has 0 bridgehead atoms. The van der Waals surface area contributed by atoms with Crippen LogP contribution in [-0.4, -0.2) is 17.0 Å². The second-order valence-electron chi connectivity index (χ2n) is 4.31. The van der Waals surface area contributed by atoms with Gasteiger partial charge in [0.2, 0.25) is 0 Å². The van der Waals surface area contributed by atoms with Crippen molar-refractivity contribution in [1.29, 1.82) is 0 Å². The van der Waals surface area contributed by atoms with Gasteiger partial charge in [0.05, 0.1) is 5.69 Å². The highest BCUT2D eigenvalue weighted by molar-refractivity contribution is 7.15. The molecule has 3 nitrogen and oxygen atoms in total. The van der Waals surface area contributed by atoms with E-state index in [-0.39, 0.29) is 0 Å². The lowest BCUT2D eigenvalue weighted by atomic mass is 10.1. The fraction of sp³-hybridized carbons (Fsp3) is 0.214. The van der Waals surface area contributed by atoms with Crippen LogP contribution in [0.1, 0.15) is 16.1 Å². The molecule has 3 aromatic rings. The normalized spacial score (nSPS) is 11.0. The Bertz CT molecular complexity index is 681. The minimum Gasteiger partial charge on any atom is -0.365 e. The van der Waals surface area contributed by atoms with Crippen molar-refractivity contribution in [1.82, 2.24) is 9.97 Å². The van der Waals surface area contributed by atoms with Gasteiger partial charge in [0, 0.05) is 35.4 Å². The fourth-order valence-electron chi connectivity index (χ4n) is 2.15. The number of fused-ring (bicyclic) bond motifs is 1. The van der Waals surface area contributed by atoms with Crippen LogP contribution in [0.4, 0.5) is 5.13 Å². The molecule has 0 amide bonds.